The molecule has 0 N–H and O–H groups in total. The number of carbonyl (C=O) groups excluding carboxylic acids is 1. The summed E-state index contributed by atoms with van der Waals surface area (Å²) in [6.45, 7) is 9.03. The van der Waals surface area contributed by atoms with Crippen LogP contribution in [0.2, 0.25) is 0 Å². The molecule has 2 aromatic carbocycles. The third-order valence-electron chi connectivity index (χ3n) is 7.19. The summed E-state index contributed by atoms with van der Waals surface area (Å²) in [5.41, 5.74) is 2.75. The average molecular weight is 545 g/mol. The van der Waals surface area contributed by atoms with Crippen LogP contribution in [0.15, 0.2) is 47.4 Å². The minimum atomic E-state index is -3.75. The van der Waals surface area contributed by atoms with Crippen LogP contribution in [-0.4, -0.2) is 70.1 Å². The van der Waals surface area contributed by atoms with Gasteiger partial charge in [-0.1, -0.05) is 23.8 Å². The second kappa shape index (κ2) is 12.2. The van der Waals surface area contributed by atoms with Crippen molar-refractivity contribution in [2.24, 2.45) is 0 Å². The molecule has 208 valence electrons. The maximum atomic E-state index is 13.5. The maximum Gasteiger partial charge on any atom is 0.243 e. The molecule has 0 radical (unpaired) electrons. The first-order valence-corrected chi connectivity index (χ1v) is 14.8. The van der Waals surface area contributed by atoms with E-state index in [0.717, 1.165) is 48.4 Å². The Labute approximate surface area is 226 Å². The largest absolute Gasteiger partial charge is 0.484 e. The van der Waals surface area contributed by atoms with Crippen molar-refractivity contribution >= 4 is 22.0 Å². The summed E-state index contributed by atoms with van der Waals surface area (Å²) in [4.78, 5) is 13.9. The van der Waals surface area contributed by atoms with Gasteiger partial charge in [0.2, 0.25) is 10.0 Å². The number of rotatable bonds is 11. The van der Waals surface area contributed by atoms with Crippen LogP contribution in [0.5, 0.6) is 5.75 Å². The zero-order chi connectivity index (χ0) is 27.3. The van der Waals surface area contributed by atoms with Crippen molar-refractivity contribution in [3.8, 4) is 5.75 Å². The van der Waals surface area contributed by atoms with Gasteiger partial charge >= 0.3 is 0 Å². The molecule has 2 atom stereocenters. The van der Waals surface area contributed by atoms with E-state index in [1.54, 1.807) is 31.4 Å². The Balaban J connectivity index is 1.47. The van der Waals surface area contributed by atoms with Gasteiger partial charge in [-0.2, -0.15) is 4.31 Å². The number of hydrogen-bond acceptors (Lipinski definition) is 7. The number of nitrogens with zero attached hydrogens (tertiary/aromatic N) is 2. The normalized spacial score (nSPS) is 21.5. The molecule has 8 nitrogen and oxygen atoms in total. The number of aldehydes is 1. The lowest BCUT2D eigenvalue weighted by Gasteiger charge is -2.41. The maximum absolute atomic E-state index is 13.5. The number of fused-ring (bicyclic) bond motifs is 1. The predicted octanol–water partition coefficient (Wildman–Crippen LogP) is 4.34. The highest BCUT2D eigenvalue weighted by molar-refractivity contribution is 7.89. The zero-order valence-electron chi connectivity index (χ0n) is 22.9. The third kappa shape index (κ3) is 6.75. The van der Waals surface area contributed by atoms with Crippen LogP contribution < -0.4 is 9.64 Å². The molecule has 0 spiro atoms. The van der Waals surface area contributed by atoms with Gasteiger partial charge in [-0.05, 0) is 69.9 Å². The molecular weight excluding hydrogens is 504 g/mol. The zero-order valence-corrected chi connectivity index (χ0v) is 23.7. The fourth-order valence-corrected chi connectivity index (χ4v) is 6.96. The first kappa shape index (κ1) is 28.5. The Hall–Kier alpha value is -2.46. The number of sulfonamides is 1. The molecule has 0 aromatic heterocycles. The standard InChI is InChI=1S/C29H40N2O6S/c1-22-6-11-26(12-7-22)38(33,34)31-19-25(10-9-24(31)14-16-32)36-20-23-8-13-28-27(18-23)30(15-5-17-35-4)21-29(2,3)37-28/h6-8,11-13,16,18,24-25H,5,9-10,14-15,17,19-21H2,1-4H3/t24-,25+/m0/s1. The second-order valence-electron chi connectivity index (χ2n) is 10.9. The summed E-state index contributed by atoms with van der Waals surface area (Å²) in [7, 11) is -2.03. The summed E-state index contributed by atoms with van der Waals surface area (Å²) in [5, 5.41) is 0. The van der Waals surface area contributed by atoms with E-state index < -0.39 is 10.0 Å². The van der Waals surface area contributed by atoms with E-state index in [1.165, 1.54) is 4.31 Å². The Bertz CT molecular complexity index is 1200. The molecule has 0 aliphatic carbocycles. The van der Waals surface area contributed by atoms with Gasteiger partial charge in [0.15, 0.2) is 0 Å². The second-order valence-corrected chi connectivity index (χ2v) is 12.8. The third-order valence-corrected chi connectivity index (χ3v) is 9.13. The average Bonchev–Trinajstić information content (AvgIpc) is 2.88. The minimum absolute atomic E-state index is 0.178. The molecule has 2 aromatic rings. The molecule has 2 aliphatic rings. The van der Waals surface area contributed by atoms with Crippen molar-refractivity contribution in [3.63, 3.8) is 0 Å². The number of piperidine rings is 1. The number of ether oxygens (including phenoxy) is 3. The molecule has 4 rings (SSSR count). The smallest absolute Gasteiger partial charge is 0.243 e. The van der Waals surface area contributed by atoms with Crippen LogP contribution in [0.25, 0.3) is 0 Å². The van der Waals surface area contributed by atoms with Gasteiger partial charge in [0.1, 0.15) is 17.6 Å². The van der Waals surface area contributed by atoms with E-state index in [1.807, 2.05) is 19.1 Å². The molecule has 1 saturated heterocycles. The van der Waals surface area contributed by atoms with Gasteiger partial charge in [-0.25, -0.2) is 8.42 Å². The number of methoxy groups -OCH3 is 1. The fraction of sp³-hybridized carbons (Fsp3) is 0.552. The minimum Gasteiger partial charge on any atom is -0.484 e. The van der Waals surface area contributed by atoms with Crippen molar-refractivity contribution in [3.05, 3.63) is 53.6 Å². The fourth-order valence-electron chi connectivity index (χ4n) is 5.26. The lowest BCUT2D eigenvalue weighted by molar-refractivity contribution is -0.109. The van der Waals surface area contributed by atoms with Crippen molar-refractivity contribution < 1.29 is 27.4 Å². The van der Waals surface area contributed by atoms with Crippen molar-refractivity contribution in [2.45, 2.75) is 75.7 Å². The molecule has 0 amide bonds. The molecule has 2 heterocycles. The number of anilines is 1. The van der Waals surface area contributed by atoms with E-state index in [2.05, 4.69) is 24.8 Å². The van der Waals surface area contributed by atoms with Crippen LogP contribution >= 0.6 is 0 Å². The number of aryl methyl sites for hydroxylation is 1. The molecular formula is C29H40N2O6S. The number of benzene rings is 2. The van der Waals surface area contributed by atoms with Gasteiger partial charge in [0.05, 0.1) is 29.8 Å². The van der Waals surface area contributed by atoms with E-state index in [0.29, 0.717) is 26.1 Å². The lowest BCUT2D eigenvalue weighted by Crippen LogP contribution is -2.49. The van der Waals surface area contributed by atoms with Gasteiger partial charge in [0.25, 0.3) is 0 Å². The topological polar surface area (TPSA) is 85.4 Å². The van der Waals surface area contributed by atoms with E-state index >= 15 is 0 Å². The van der Waals surface area contributed by atoms with Crippen molar-refractivity contribution in [1.82, 2.24) is 4.31 Å². The Morgan fingerprint density at radius 3 is 2.61 bits per heavy atom. The SMILES string of the molecule is COCCCN1CC(C)(C)Oc2ccc(CO[C@@H]3CC[C@@H](CC=O)N(S(=O)(=O)c4ccc(C)cc4)C3)cc21. The van der Waals surface area contributed by atoms with Crippen molar-refractivity contribution in [2.75, 3.05) is 38.3 Å². The molecule has 0 bridgehead atoms. The summed E-state index contributed by atoms with van der Waals surface area (Å²) >= 11 is 0. The Morgan fingerprint density at radius 1 is 1.13 bits per heavy atom. The summed E-state index contributed by atoms with van der Waals surface area (Å²) in [6, 6.07) is 12.6. The van der Waals surface area contributed by atoms with Crippen LogP contribution in [0.1, 0.15) is 50.7 Å². The monoisotopic (exact) mass is 544 g/mol. The summed E-state index contributed by atoms with van der Waals surface area (Å²) < 4.78 is 46.2. The van der Waals surface area contributed by atoms with Crippen LogP contribution in [-0.2, 0) is 30.9 Å². The highest BCUT2D eigenvalue weighted by Crippen LogP contribution is 2.38. The van der Waals surface area contributed by atoms with E-state index in [-0.39, 0.29) is 35.6 Å². The van der Waals surface area contributed by atoms with Gasteiger partial charge in [-0.3, -0.25) is 0 Å². The molecule has 1 fully saturated rings. The van der Waals surface area contributed by atoms with Crippen LogP contribution in [0, 0.1) is 6.92 Å². The van der Waals surface area contributed by atoms with E-state index in [4.69, 9.17) is 14.2 Å². The van der Waals surface area contributed by atoms with Gasteiger partial charge in [0, 0.05) is 39.3 Å². The quantitative estimate of drug-likeness (QED) is 0.307. The molecule has 2 aliphatic heterocycles. The van der Waals surface area contributed by atoms with Gasteiger partial charge < -0.3 is 23.9 Å². The molecule has 9 heteroatoms. The first-order chi connectivity index (χ1) is 18.1. The highest BCUT2D eigenvalue weighted by atomic mass is 32.2. The van der Waals surface area contributed by atoms with Gasteiger partial charge in [-0.15, -0.1) is 0 Å². The lowest BCUT2D eigenvalue weighted by atomic mass is 10.0. The van der Waals surface area contributed by atoms with Crippen LogP contribution in [0.4, 0.5) is 5.69 Å². The van der Waals surface area contributed by atoms with Crippen molar-refractivity contribution in [1.29, 1.82) is 0 Å². The van der Waals surface area contributed by atoms with Crippen LogP contribution in [0.3, 0.4) is 0 Å². The summed E-state index contributed by atoms with van der Waals surface area (Å²) in [6.07, 6.45) is 2.92. The summed E-state index contributed by atoms with van der Waals surface area (Å²) in [5.74, 6) is 0.854. The molecule has 38 heavy (non-hydrogen) atoms. The van der Waals surface area contributed by atoms with E-state index in [9.17, 15) is 13.2 Å². The Kier molecular flexibility index (Phi) is 9.13. The number of carbonyl (C=O) groups is 1. The molecule has 0 unspecified atom stereocenters. The predicted molar refractivity (Wildman–Crippen MR) is 147 cm³/mol. The Morgan fingerprint density at radius 2 is 1.89 bits per heavy atom. The highest BCUT2D eigenvalue weighted by Gasteiger charge is 2.37. The number of hydrogen-bond donors (Lipinski definition) is 0. The first-order valence-electron chi connectivity index (χ1n) is 13.3. The molecule has 0 saturated carbocycles.